The van der Waals surface area contributed by atoms with Gasteiger partial charge in [0, 0.05) is 0 Å². The molecule has 22 heavy (non-hydrogen) atoms. The molecule has 3 nitrogen and oxygen atoms in total. The summed E-state index contributed by atoms with van der Waals surface area (Å²) in [5.41, 5.74) is 0.119. The van der Waals surface area contributed by atoms with Gasteiger partial charge in [0.05, 0.1) is 18.3 Å². The summed E-state index contributed by atoms with van der Waals surface area (Å²) in [6.07, 6.45) is 7.44. The van der Waals surface area contributed by atoms with Crippen LogP contribution in [0, 0.1) is 34.5 Å². The van der Waals surface area contributed by atoms with E-state index in [4.69, 9.17) is 0 Å². The van der Waals surface area contributed by atoms with Crippen molar-refractivity contribution in [2.75, 3.05) is 0 Å². The van der Waals surface area contributed by atoms with Crippen LogP contribution >= 0.6 is 0 Å². The molecule has 126 valence electrons. The van der Waals surface area contributed by atoms with E-state index in [1.807, 2.05) is 0 Å². The van der Waals surface area contributed by atoms with Gasteiger partial charge in [0.1, 0.15) is 0 Å². The maximum Gasteiger partial charge on any atom is 0.0597 e. The van der Waals surface area contributed by atoms with E-state index in [9.17, 15) is 15.3 Å². The van der Waals surface area contributed by atoms with Crippen molar-refractivity contribution < 1.29 is 15.3 Å². The smallest absolute Gasteiger partial charge is 0.0597 e. The summed E-state index contributed by atoms with van der Waals surface area (Å²) in [5, 5.41) is 31.6. The highest BCUT2D eigenvalue weighted by Gasteiger charge is 2.62. The zero-order valence-electron chi connectivity index (χ0n) is 14.0. The average molecular weight is 308 g/mol. The molecule has 0 aliphatic heterocycles. The second-order valence-corrected chi connectivity index (χ2v) is 9.37. The first-order valence-corrected chi connectivity index (χ1v) is 9.40. The minimum Gasteiger partial charge on any atom is -0.393 e. The van der Waals surface area contributed by atoms with Gasteiger partial charge in [0.2, 0.25) is 0 Å². The van der Waals surface area contributed by atoms with Crippen molar-refractivity contribution in [3.63, 3.8) is 0 Å². The van der Waals surface area contributed by atoms with Gasteiger partial charge >= 0.3 is 0 Å². The Kier molecular flexibility index (Phi) is 3.46. The number of hydrogen-bond donors (Lipinski definition) is 3. The molecule has 0 unspecified atom stereocenters. The highest BCUT2D eigenvalue weighted by molar-refractivity contribution is 5.12. The Morgan fingerprint density at radius 3 is 2.41 bits per heavy atom. The molecule has 0 aromatic rings. The summed E-state index contributed by atoms with van der Waals surface area (Å²) in [6.45, 7) is 4.60. The molecule has 9 atom stereocenters. The topological polar surface area (TPSA) is 60.7 Å². The van der Waals surface area contributed by atoms with Crippen LogP contribution in [0.4, 0.5) is 0 Å². The number of aliphatic hydroxyl groups is 3. The van der Waals surface area contributed by atoms with Crippen LogP contribution < -0.4 is 0 Å². The lowest BCUT2D eigenvalue weighted by atomic mass is 9.44. The summed E-state index contributed by atoms with van der Waals surface area (Å²) in [7, 11) is 0. The quantitative estimate of drug-likeness (QED) is 0.645. The van der Waals surface area contributed by atoms with Crippen molar-refractivity contribution in [3.8, 4) is 0 Å². The lowest BCUT2D eigenvalue weighted by Gasteiger charge is -2.62. The third-order valence-corrected chi connectivity index (χ3v) is 8.52. The van der Waals surface area contributed by atoms with E-state index in [1.165, 1.54) is 12.8 Å². The minimum atomic E-state index is -0.276. The molecule has 4 aliphatic rings. The van der Waals surface area contributed by atoms with Gasteiger partial charge < -0.3 is 15.3 Å². The van der Waals surface area contributed by atoms with E-state index < -0.39 is 0 Å². The molecule has 0 saturated heterocycles. The first-order valence-electron chi connectivity index (χ1n) is 9.40. The molecule has 0 aromatic heterocycles. The number of aliphatic hydroxyl groups excluding tert-OH is 3. The van der Waals surface area contributed by atoms with Gasteiger partial charge in [0.15, 0.2) is 0 Å². The van der Waals surface area contributed by atoms with E-state index in [0.29, 0.717) is 23.7 Å². The normalized spacial score (nSPS) is 61.2. The highest BCUT2D eigenvalue weighted by atomic mass is 16.3. The van der Waals surface area contributed by atoms with Crippen LogP contribution in [0.25, 0.3) is 0 Å². The number of fused-ring (bicyclic) bond motifs is 5. The van der Waals surface area contributed by atoms with Crippen LogP contribution in [0.15, 0.2) is 0 Å². The molecule has 4 rings (SSSR count). The van der Waals surface area contributed by atoms with Gasteiger partial charge in [-0.2, -0.15) is 0 Å². The maximum atomic E-state index is 11.0. The van der Waals surface area contributed by atoms with Crippen LogP contribution in [0.5, 0.6) is 0 Å². The van der Waals surface area contributed by atoms with E-state index in [2.05, 4.69) is 13.8 Å². The Labute approximate surface area is 134 Å². The highest BCUT2D eigenvalue weighted by Crippen LogP contribution is 2.66. The van der Waals surface area contributed by atoms with Crippen LogP contribution in [-0.2, 0) is 0 Å². The van der Waals surface area contributed by atoms with Gasteiger partial charge in [-0.3, -0.25) is 0 Å². The summed E-state index contributed by atoms with van der Waals surface area (Å²) in [4.78, 5) is 0. The molecule has 3 heteroatoms. The summed E-state index contributed by atoms with van der Waals surface area (Å²) in [6, 6.07) is 0. The van der Waals surface area contributed by atoms with Gasteiger partial charge in [-0.05, 0) is 85.9 Å². The molecule has 3 N–H and O–H groups in total. The monoisotopic (exact) mass is 308 g/mol. The predicted octanol–water partition coefficient (Wildman–Crippen LogP) is 2.72. The number of rotatable bonds is 0. The van der Waals surface area contributed by atoms with Crippen LogP contribution in [0.3, 0.4) is 0 Å². The van der Waals surface area contributed by atoms with Gasteiger partial charge in [-0.15, -0.1) is 0 Å². The van der Waals surface area contributed by atoms with E-state index in [0.717, 1.165) is 38.5 Å². The summed E-state index contributed by atoms with van der Waals surface area (Å²) < 4.78 is 0. The van der Waals surface area contributed by atoms with Crippen LogP contribution in [0.2, 0.25) is 0 Å². The molecule has 0 radical (unpaired) electrons. The average Bonchev–Trinajstić information content (AvgIpc) is 2.75. The van der Waals surface area contributed by atoms with E-state index in [1.54, 1.807) is 0 Å². The Hall–Kier alpha value is -0.120. The lowest BCUT2D eigenvalue weighted by Crippen LogP contribution is -2.59. The molecule has 0 spiro atoms. The molecular weight excluding hydrogens is 276 g/mol. The van der Waals surface area contributed by atoms with Crippen LogP contribution in [0.1, 0.15) is 65.2 Å². The second kappa shape index (κ2) is 4.94. The van der Waals surface area contributed by atoms with Crippen molar-refractivity contribution >= 4 is 0 Å². The SMILES string of the molecule is C[C@]12CC[C@H](O)C[C@@H]1CC[C@@H]1[C@@H]2[C@@H](O)C[C@]2(C)[C@@H](O)CC[C@@H]12. The van der Waals surface area contributed by atoms with Gasteiger partial charge in [-0.1, -0.05) is 13.8 Å². The molecule has 0 heterocycles. The zero-order chi connectivity index (χ0) is 15.7. The molecule has 0 amide bonds. The van der Waals surface area contributed by atoms with Gasteiger partial charge in [-0.25, -0.2) is 0 Å². The van der Waals surface area contributed by atoms with E-state index >= 15 is 0 Å². The molecule has 4 saturated carbocycles. The van der Waals surface area contributed by atoms with Crippen molar-refractivity contribution in [3.05, 3.63) is 0 Å². The Balaban J connectivity index is 1.68. The standard InChI is InChI=1S/C19H32O3/c1-18-8-7-12(20)9-11(18)3-4-13-14-5-6-16(22)19(14,2)10-15(21)17(13)18/h11-17,20-22H,3-10H2,1-2H3/t11-,12-,13-,14-,15-,16-,17+,18-,19-/m0/s1. The molecule has 0 bridgehead atoms. The third kappa shape index (κ3) is 1.91. The lowest BCUT2D eigenvalue weighted by molar-refractivity contribution is -0.183. The van der Waals surface area contributed by atoms with Crippen molar-refractivity contribution in [2.45, 2.75) is 83.5 Å². The maximum absolute atomic E-state index is 11.0. The molecular formula is C19H32O3. The molecule has 0 aromatic carbocycles. The van der Waals surface area contributed by atoms with Gasteiger partial charge in [0.25, 0.3) is 0 Å². The minimum absolute atomic E-state index is 0.0715. The Bertz CT molecular complexity index is 452. The summed E-state index contributed by atoms with van der Waals surface area (Å²) in [5.74, 6) is 2.10. The Morgan fingerprint density at radius 2 is 1.64 bits per heavy atom. The first kappa shape index (κ1) is 15.4. The first-order chi connectivity index (χ1) is 10.4. The third-order valence-electron chi connectivity index (χ3n) is 8.52. The van der Waals surface area contributed by atoms with Crippen molar-refractivity contribution in [1.29, 1.82) is 0 Å². The predicted molar refractivity (Wildman–Crippen MR) is 85.1 cm³/mol. The Morgan fingerprint density at radius 1 is 0.864 bits per heavy atom. The van der Waals surface area contributed by atoms with Crippen molar-refractivity contribution in [1.82, 2.24) is 0 Å². The van der Waals surface area contributed by atoms with E-state index in [-0.39, 0.29) is 29.1 Å². The van der Waals surface area contributed by atoms with Crippen LogP contribution in [-0.4, -0.2) is 33.6 Å². The fourth-order valence-corrected chi connectivity index (χ4v) is 7.33. The fraction of sp³-hybridized carbons (Fsp3) is 1.00. The number of hydrogen-bond acceptors (Lipinski definition) is 3. The largest absolute Gasteiger partial charge is 0.393 e. The zero-order valence-corrected chi connectivity index (χ0v) is 14.0. The van der Waals surface area contributed by atoms with Crippen molar-refractivity contribution in [2.24, 2.45) is 34.5 Å². The fourth-order valence-electron chi connectivity index (χ4n) is 7.33. The molecule has 4 fully saturated rings. The summed E-state index contributed by atoms with van der Waals surface area (Å²) >= 11 is 0. The second-order valence-electron chi connectivity index (χ2n) is 9.37. The molecule has 4 aliphatic carbocycles.